The zero-order valence-corrected chi connectivity index (χ0v) is 6.98. The second-order valence-corrected chi connectivity index (χ2v) is 3.45. The Balaban J connectivity index is 2.31. The van der Waals surface area contributed by atoms with Gasteiger partial charge in [0.1, 0.15) is 0 Å². The minimum absolute atomic E-state index is 0.0588. The van der Waals surface area contributed by atoms with E-state index in [1.165, 1.54) is 0 Å². The topological polar surface area (TPSA) is 0 Å². The number of alkyl halides is 2. The summed E-state index contributed by atoms with van der Waals surface area (Å²) in [7, 11) is 0. The van der Waals surface area contributed by atoms with Crippen molar-refractivity contribution in [2.75, 3.05) is 0 Å². The lowest BCUT2D eigenvalue weighted by Gasteiger charge is -2.00. The van der Waals surface area contributed by atoms with E-state index in [-0.39, 0.29) is 6.42 Å². The SMILES string of the molecule is FC1(F)CC1c1ccccc1Cl. The van der Waals surface area contributed by atoms with Crippen LogP contribution >= 0.6 is 11.6 Å². The van der Waals surface area contributed by atoms with Gasteiger partial charge in [-0.25, -0.2) is 8.78 Å². The molecule has 1 fully saturated rings. The largest absolute Gasteiger partial charge is 0.255 e. The first kappa shape index (κ1) is 7.99. The molecule has 1 aliphatic rings. The van der Waals surface area contributed by atoms with E-state index in [4.69, 9.17) is 11.6 Å². The van der Waals surface area contributed by atoms with Gasteiger partial charge in [-0.2, -0.15) is 0 Å². The maximum atomic E-state index is 12.6. The molecule has 1 aromatic rings. The smallest absolute Gasteiger partial charge is 0.206 e. The number of hydrogen-bond donors (Lipinski definition) is 0. The lowest BCUT2D eigenvalue weighted by molar-refractivity contribution is 0.112. The summed E-state index contributed by atoms with van der Waals surface area (Å²) in [5.41, 5.74) is 0.573. The van der Waals surface area contributed by atoms with Crippen molar-refractivity contribution in [1.29, 1.82) is 0 Å². The van der Waals surface area contributed by atoms with Crippen LogP contribution in [0.5, 0.6) is 0 Å². The summed E-state index contributed by atoms with van der Waals surface area (Å²) in [6, 6.07) is 6.78. The molecule has 0 heterocycles. The minimum atomic E-state index is -2.52. The number of rotatable bonds is 1. The van der Waals surface area contributed by atoms with Gasteiger partial charge in [-0.3, -0.25) is 0 Å². The average Bonchev–Trinajstić information content (AvgIpc) is 2.61. The van der Waals surface area contributed by atoms with Gasteiger partial charge < -0.3 is 0 Å². The summed E-state index contributed by atoms with van der Waals surface area (Å²) in [6.45, 7) is 0. The van der Waals surface area contributed by atoms with Crippen molar-refractivity contribution < 1.29 is 8.78 Å². The first-order valence-electron chi connectivity index (χ1n) is 3.73. The molecule has 1 aliphatic carbocycles. The molecule has 64 valence electrons. The molecule has 0 radical (unpaired) electrons. The maximum Gasteiger partial charge on any atom is 0.255 e. The molecule has 0 aliphatic heterocycles. The highest BCUT2D eigenvalue weighted by Crippen LogP contribution is 2.56. The Hall–Kier alpha value is -0.630. The Labute approximate surface area is 74.2 Å². The van der Waals surface area contributed by atoms with Crippen LogP contribution in [0.1, 0.15) is 17.9 Å². The van der Waals surface area contributed by atoms with Gasteiger partial charge in [0.05, 0.1) is 5.92 Å². The van der Waals surface area contributed by atoms with Crippen LogP contribution in [0.2, 0.25) is 5.02 Å². The van der Waals surface area contributed by atoms with Crippen LogP contribution in [0.4, 0.5) is 8.78 Å². The van der Waals surface area contributed by atoms with Crippen molar-refractivity contribution in [2.45, 2.75) is 18.3 Å². The molecule has 0 nitrogen and oxygen atoms in total. The molecule has 0 saturated heterocycles. The highest BCUT2D eigenvalue weighted by molar-refractivity contribution is 6.31. The van der Waals surface area contributed by atoms with E-state index < -0.39 is 11.8 Å². The molecule has 1 aromatic carbocycles. The zero-order valence-electron chi connectivity index (χ0n) is 6.23. The van der Waals surface area contributed by atoms with Crippen LogP contribution in [-0.2, 0) is 0 Å². The quantitative estimate of drug-likeness (QED) is 0.633. The van der Waals surface area contributed by atoms with Gasteiger partial charge in [-0.15, -0.1) is 0 Å². The van der Waals surface area contributed by atoms with Crippen LogP contribution in [0.25, 0.3) is 0 Å². The fourth-order valence-corrected chi connectivity index (χ4v) is 1.58. The second-order valence-electron chi connectivity index (χ2n) is 3.04. The van der Waals surface area contributed by atoms with Gasteiger partial charge in [0, 0.05) is 11.4 Å². The van der Waals surface area contributed by atoms with E-state index in [0.717, 1.165) is 0 Å². The van der Waals surface area contributed by atoms with Crippen LogP contribution in [0.15, 0.2) is 24.3 Å². The Morgan fingerprint density at radius 3 is 2.42 bits per heavy atom. The first-order chi connectivity index (χ1) is 5.61. The van der Waals surface area contributed by atoms with E-state index in [9.17, 15) is 8.78 Å². The van der Waals surface area contributed by atoms with Gasteiger partial charge in [-0.05, 0) is 11.6 Å². The van der Waals surface area contributed by atoms with Crippen LogP contribution in [-0.4, -0.2) is 5.92 Å². The Bertz CT molecular complexity index is 309. The van der Waals surface area contributed by atoms with Gasteiger partial charge >= 0.3 is 0 Å². The standard InChI is InChI=1S/C9H7ClF2/c10-8-4-2-1-3-6(8)7-5-9(7,11)12/h1-4,7H,5H2. The molecule has 1 atom stereocenters. The van der Waals surface area contributed by atoms with Crippen molar-refractivity contribution in [3.05, 3.63) is 34.9 Å². The fourth-order valence-electron chi connectivity index (χ4n) is 1.31. The number of halogens is 3. The van der Waals surface area contributed by atoms with E-state index in [2.05, 4.69) is 0 Å². The Kier molecular flexibility index (Phi) is 1.62. The summed E-state index contributed by atoms with van der Waals surface area (Å²) >= 11 is 5.75. The molecule has 3 heteroatoms. The van der Waals surface area contributed by atoms with E-state index in [0.29, 0.717) is 10.6 Å². The van der Waals surface area contributed by atoms with Gasteiger partial charge in [0.15, 0.2) is 0 Å². The third-order valence-corrected chi connectivity index (χ3v) is 2.45. The maximum absolute atomic E-state index is 12.6. The summed E-state index contributed by atoms with van der Waals surface area (Å²) in [5, 5.41) is 0.444. The van der Waals surface area contributed by atoms with Gasteiger partial charge in [0.2, 0.25) is 0 Å². The normalized spacial score (nSPS) is 25.4. The monoisotopic (exact) mass is 188 g/mol. The summed E-state index contributed by atoms with van der Waals surface area (Å²) in [6.07, 6.45) is -0.0588. The predicted molar refractivity (Wildman–Crippen MR) is 43.8 cm³/mol. The third kappa shape index (κ3) is 1.20. The molecule has 0 amide bonds. The zero-order chi connectivity index (χ0) is 8.77. The molecule has 1 unspecified atom stereocenters. The summed E-state index contributed by atoms with van der Waals surface area (Å²) in [5.74, 6) is -3.17. The summed E-state index contributed by atoms with van der Waals surface area (Å²) in [4.78, 5) is 0. The molecule has 0 aromatic heterocycles. The molecular weight excluding hydrogens is 182 g/mol. The Morgan fingerprint density at radius 1 is 1.33 bits per heavy atom. The molecule has 12 heavy (non-hydrogen) atoms. The number of hydrogen-bond acceptors (Lipinski definition) is 0. The first-order valence-corrected chi connectivity index (χ1v) is 4.11. The van der Waals surface area contributed by atoms with Crippen molar-refractivity contribution in [2.24, 2.45) is 0 Å². The van der Waals surface area contributed by atoms with E-state index in [1.807, 2.05) is 0 Å². The Morgan fingerprint density at radius 2 is 1.92 bits per heavy atom. The van der Waals surface area contributed by atoms with Crippen molar-refractivity contribution >= 4 is 11.6 Å². The molecule has 2 rings (SSSR count). The minimum Gasteiger partial charge on any atom is -0.206 e. The second kappa shape index (κ2) is 2.43. The highest BCUT2D eigenvalue weighted by atomic mass is 35.5. The molecule has 1 saturated carbocycles. The summed E-state index contributed by atoms with van der Waals surface area (Å²) < 4.78 is 25.2. The van der Waals surface area contributed by atoms with Gasteiger partial charge in [-0.1, -0.05) is 29.8 Å². The molecule has 0 bridgehead atoms. The van der Waals surface area contributed by atoms with Crippen LogP contribution < -0.4 is 0 Å². The highest BCUT2D eigenvalue weighted by Gasteiger charge is 2.58. The third-order valence-electron chi connectivity index (χ3n) is 2.11. The fraction of sp³-hybridized carbons (Fsp3) is 0.333. The number of benzene rings is 1. The van der Waals surface area contributed by atoms with Crippen LogP contribution in [0.3, 0.4) is 0 Å². The van der Waals surface area contributed by atoms with E-state index >= 15 is 0 Å². The van der Waals surface area contributed by atoms with Gasteiger partial charge in [0.25, 0.3) is 5.92 Å². The van der Waals surface area contributed by atoms with Crippen molar-refractivity contribution in [3.63, 3.8) is 0 Å². The average molecular weight is 189 g/mol. The van der Waals surface area contributed by atoms with Crippen molar-refractivity contribution in [1.82, 2.24) is 0 Å². The van der Waals surface area contributed by atoms with Crippen LogP contribution in [0, 0.1) is 0 Å². The van der Waals surface area contributed by atoms with E-state index in [1.54, 1.807) is 24.3 Å². The molecule has 0 spiro atoms. The lowest BCUT2D eigenvalue weighted by atomic mass is 10.1. The van der Waals surface area contributed by atoms with Crippen molar-refractivity contribution in [3.8, 4) is 0 Å². The molecule has 0 N–H and O–H groups in total. The molecular formula is C9H7ClF2. The lowest BCUT2D eigenvalue weighted by Crippen LogP contribution is -1.93. The predicted octanol–water partition coefficient (Wildman–Crippen LogP) is 3.46.